The molecule has 0 saturated heterocycles. The molecule has 27 heavy (non-hydrogen) atoms. The maximum Gasteiger partial charge on any atom is 0.267 e. The molecule has 0 fully saturated rings. The minimum atomic E-state index is -0.127. The minimum Gasteiger partial charge on any atom is -0.351 e. The zero-order valence-electron chi connectivity index (χ0n) is 16.1. The molecule has 1 unspecified atom stereocenters. The molecule has 3 rings (SSSR count). The van der Waals surface area contributed by atoms with E-state index in [9.17, 15) is 4.79 Å². The van der Waals surface area contributed by atoms with Crippen LogP contribution < -0.4 is 11.1 Å². The molecule has 144 valence electrons. The number of carbonyl (C=O) groups excluding carboxylic acids is 1. The number of nitrogens with zero attached hydrogens (tertiary/aromatic N) is 4. The van der Waals surface area contributed by atoms with Gasteiger partial charge in [0.05, 0.1) is 12.6 Å². The smallest absolute Gasteiger partial charge is 0.267 e. The average Bonchev–Trinajstić information content (AvgIpc) is 2.92. The Kier molecular flexibility index (Phi) is 6.36. The number of rotatable bonds is 7. The van der Waals surface area contributed by atoms with Crippen LogP contribution in [0.25, 0.3) is 10.9 Å². The Bertz CT molecular complexity index is 852. The third kappa shape index (κ3) is 4.81. The number of aryl methyl sites for hydroxylation is 1. The third-order valence-corrected chi connectivity index (χ3v) is 4.62. The van der Waals surface area contributed by atoms with E-state index in [0.717, 1.165) is 48.2 Å². The van der Waals surface area contributed by atoms with E-state index < -0.39 is 0 Å². The molecular formula is C20H28N6O. The number of aromatic nitrogens is 1. The molecule has 1 atom stereocenters. The van der Waals surface area contributed by atoms with Gasteiger partial charge in [0.25, 0.3) is 5.91 Å². The standard InChI is InChI=1S/C20H28N6O/c1-25(2)9-7-22-14-17(12-21)24-13-15-4-5-16-11-19-20(27)23-6-3-8-26(19)18(16)10-15/h4-5,10-11,13-14,17H,3,6-9,12,21H2,1-2H3,(H,23,27). The summed E-state index contributed by atoms with van der Waals surface area (Å²) < 4.78 is 2.10. The summed E-state index contributed by atoms with van der Waals surface area (Å²) in [5, 5.41) is 4.01. The first-order valence-electron chi connectivity index (χ1n) is 9.38. The van der Waals surface area contributed by atoms with Gasteiger partial charge in [-0.1, -0.05) is 12.1 Å². The van der Waals surface area contributed by atoms with Crippen molar-refractivity contribution in [2.45, 2.75) is 19.0 Å². The first-order valence-corrected chi connectivity index (χ1v) is 9.38. The normalized spacial score (nSPS) is 16.2. The van der Waals surface area contributed by atoms with Gasteiger partial charge in [-0.05, 0) is 38.2 Å². The first-order chi connectivity index (χ1) is 13.1. The van der Waals surface area contributed by atoms with Gasteiger partial charge in [0.2, 0.25) is 0 Å². The highest BCUT2D eigenvalue weighted by Crippen LogP contribution is 2.22. The predicted molar refractivity (Wildman–Crippen MR) is 111 cm³/mol. The Morgan fingerprint density at radius 3 is 3.00 bits per heavy atom. The van der Waals surface area contributed by atoms with Crippen molar-refractivity contribution in [3.63, 3.8) is 0 Å². The van der Waals surface area contributed by atoms with Gasteiger partial charge < -0.3 is 20.5 Å². The average molecular weight is 368 g/mol. The number of amides is 1. The van der Waals surface area contributed by atoms with E-state index in [2.05, 4.69) is 30.8 Å². The summed E-state index contributed by atoms with van der Waals surface area (Å²) in [6, 6.07) is 7.96. The Hall–Kier alpha value is -2.51. The fraction of sp³-hybridized carbons (Fsp3) is 0.450. The molecule has 0 bridgehead atoms. The highest BCUT2D eigenvalue weighted by atomic mass is 16.1. The maximum atomic E-state index is 12.2. The van der Waals surface area contributed by atoms with Gasteiger partial charge in [-0.15, -0.1) is 0 Å². The van der Waals surface area contributed by atoms with E-state index in [0.29, 0.717) is 13.1 Å². The highest BCUT2D eigenvalue weighted by molar-refractivity contribution is 6.00. The van der Waals surface area contributed by atoms with Gasteiger partial charge in [-0.3, -0.25) is 14.8 Å². The van der Waals surface area contributed by atoms with Crippen LogP contribution in [0.1, 0.15) is 22.5 Å². The second-order valence-corrected chi connectivity index (χ2v) is 7.05. The molecule has 0 spiro atoms. The van der Waals surface area contributed by atoms with Gasteiger partial charge in [-0.25, -0.2) is 0 Å². The molecule has 2 aromatic rings. The zero-order chi connectivity index (χ0) is 19.2. The number of carbonyl (C=O) groups is 1. The molecule has 1 aromatic heterocycles. The van der Waals surface area contributed by atoms with Crippen LogP contribution >= 0.6 is 0 Å². The predicted octanol–water partition coefficient (Wildman–Crippen LogP) is 1.15. The fourth-order valence-electron chi connectivity index (χ4n) is 3.11. The van der Waals surface area contributed by atoms with E-state index in [1.807, 2.05) is 44.7 Å². The summed E-state index contributed by atoms with van der Waals surface area (Å²) in [5.41, 5.74) is 8.60. The number of aliphatic imine (C=N–C) groups is 2. The molecule has 7 heteroatoms. The van der Waals surface area contributed by atoms with Gasteiger partial charge in [-0.2, -0.15) is 0 Å². The maximum absolute atomic E-state index is 12.2. The number of hydrogen-bond acceptors (Lipinski definition) is 5. The van der Waals surface area contributed by atoms with E-state index in [-0.39, 0.29) is 11.9 Å². The van der Waals surface area contributed by atoms with Gasteiger partial charge >= 0.3 is 0 Å². The lowest BCUT2D eigenvalue weighted by atomic mass is 10.1. The van der Waals surface area contributed by atoms with Gasteiger partial charge in [0.15, 0.2) is 0 Å². The molecule has 3 N–H and O–H groups in total. The van der Waals surface area contributed by atoms with Crippen LogP contribution in [0, 0.1) is 0 Å². The van der Waals surface area contributed by atoms with Crippen molar-refractivity contribution >= 4 is 29.2 Å². The number of likely N-dealkylation sites (N-methyl/N-ethyl adjacent to an activating group) is 1. The Labute approximate surface area is 160 Å². The highest BCUT2D eigenvalue weighted by Gasteiger charge is 2.18. The molecule has 2 heterocycles. The quantitative estimate of drug-likeness (QED) is 0.719. The first kappa shape index (κ1) is 19.3. The second-order valence-electron chi connectivity index (χ2n) is 7.05. The Morgan fingerprint density at radius 2 is 2.22 bits per heavy atom. The van der Waals surface area contributed by atoms with E-state index in [1.165, 1.54) is 0 Å². The summed E-state index contributed by atoms with van der Waals surface area (Å²) in [4.78, 5) is 23.3. The molecule has 0 saturated carbocycles. The van der Waals surface area contributed by atoms with Crippen LogP contribution in [0.2, 0.25) is 0 Å². The topological polar surface area (TPSA) is 88.0 Å². The summed E-state index contributed by atoms with van der Waals surface area (Å²) in [5.74, 6) is -0.00366. The number of benzene rings is 1. The Balaban J connectivity index is 1.77. The van der Waals surface area contributed by atoms with Crippen LogP contribution in [0.4, 0.5) is 0 Å². The molecule has 0 radical (unpaired) electrons. The van der Waals surface area contributed by atoms with Crippen LogP contribution in [0.5, 0.6) is 0 Å². The van der Waals surface area contributed by atoms with Crippen molar-refractivity contribution in [3.05, 3.63) is 35.5 Å². The molecular weight excluding hydrogens is 340 g/mol. The van der Waals surface area contributed by atoms with Crippen molar-refractivity contribution < 1.29 is 4.79 Å². The van der Waals surface area contributed by atoms with E-state index in [4.69, 9.17) is 5.73 Å². The van der Waals surface area contributed by atoms with Crippen LogP contribution in [-0.2, 0) is 6.54 Å². The van der Waals surface area contributed by atoms with Crippen molar-refractivity contribution in [1.82, 2.24) is 14.8 Å². The molecule has 1 aromatic carbocycles. The van der Waals surface area contributed by atoms with Crippen molar-refractivity contribution in [2.24, 2.45) is 15.7 Å². The van der Waals surface area contributed by atoms with Crippen molar-refractivity contribution in [1.29, 1.82) is 0 Å². The van der Waals surface area contributed by atoms with E-state index >= 15 is 0 Å². The molecule has 0 aliphatic carbocycles. The Morgan fingerprint density at radius 1 is 1.37 bits per heavy atom. The fourth-order valence-corrected chi connectivity index (χ4v) is 3.11. The summed E-state index contributed by atoms with van der Waals surface area (Å²) >= 11 is 0. The summed E-state index contributed by atoms with van der Waals surface area (Å²) in [6.45, 7) is 3.62. The summed E-state index contributed by atoms with van der Waals surface area (Å²) in [7, 11) is 4.05. The van der Waals surface area contributed by atoms with E-state index in [1.54, 1.807) is 0 Å². The third-order valence-electron chi connectivity index (χ3n) is 4.62. The largest absolute Gasteiger partial charge is 0.351 e. The monoisotopic (exact) mass is 368 g/mol. The van der Waals surface area contributed by atoms with Gasteiger partial charge in [0, 0.05) is 49.5 Å². The number of nitrogens with one attached hydrogen (secondary N) is 1. The molecule has 1 aliphatic rings. The zero-order valence-corrected chi connectivity index (χ0v) is 16.1. The van der Waals surface area contributed by atoms with Crippen molar-refractivity contribution in [2.75, 3.05) is 40.3 Å². The van der Waals surface area contributed by atoms with Crippen molar-refractivity contribution in [3.8, 4) is 0 Å². The lowest BCUT2D eigenvalue weighted by Crippen LogP contribution is -2.22. The number of hydrogen-bond donors (Lipinski definition) is 2. The van der Waals surface area contributed by atoms with Crippen LogP contribution in [0.3, 0.4) is 0 Å². The lowest BCUT2D eigenvalue weighted by Gasteiger charge is -2.07. The molecule has 7 nitrogen and oxygen atoms in total. The number of nitrogens with two attached hydrogens (primary N) is 1. The molecule has 1 amide bonds. The van der Waals surface area contributed by atoms with Crippen LogP contribution in [-0.4, -0.2) is 74.1 Å². The molecule has 1 aliphatic heterocycles. The second kappa shape index (κ2) is 8.92. The van der Waals surface area contributed by atoms with Crippen LogP contribution in [0.15, 0.2) is 34.3 Å². The van der Waals surface area contributed by atoms with Gasteiger partial charge in [0.1, 0.15) is 5.69 Å². The lowest BCUT2D eigenvalue weighted by molar-refractivity contribution is 0.0951. The SMILES string of the molecule is CN(C)CCN=CC(CN)N=Cc1ccc2cc3n(c2c1)CCCNC3=O. The minimum absolute atomic E-state index is 0.00366. The summed E-state index contributed by atoms with van der Waals surface area (Å²) in [6.07, 6.45) is 4.59. The number of fused-ring (bicyclic) bond motifs is 3.